The first-order valence-electron chi connectivity index (χ1n) is 12.1. The molecule has 37 heavy (non-hydrogen) atoms. The van der Waals surface area contributed by atoms with Gasteiger partial charge in [-0.15, -0.1) is 0 Å². The van der Waals surface area contributed by atoms with Crippen molar-refractivity contribution in [1.82, 2.24) is 0 Å². The lowest BCUT2D eigenvalue weighted by atomic mass is 9.81. The summed E-state index contributed by atoms with van der Waals surface area (Å²) < 4.78 is 42.0. The molecule has 0 spiro atoms. The molecular formula is C29H31FO7. The zero-order chi connectivity index (χ0) is 26.7. The highest BCUT2D eigenvalue weighted by atomic mass is 19.1. The van der Waals surface area contributed by atoms with Crippen LogP contribution in [0.1, 0.15) is 31.9 Å². The molecule has 0 aliphatic carbocycles. The molecular weight excluding hydrogens is 479 g/mol. The van der Waals surface area contributed by atoms with Crippen molar-refractivity contribution in [1.29, 1.82) is 0 Å². The molecule has 0 N–H and O–H groups in total. The first-order valence-corrected chi connectivity index (χ1v) is 12.1. The summed E-state index contributed by atoms with van der Waals surface area (Å²) in [5, 5.41) is 0. The van der Waals surface area contributed by atoms with Crippen LogP contribution in [0.5, 0.6) is 17.2 Å². The Bertz CT molecular complexity index is 1140. The normalized spacial score (nSPS) is 11.0. The molecule has 0 bridgehead atoms. The summed E-state index contributed by atoms with van der Waals surface area (Å²) in [5.74, 6) is -1.01. The Morgan fingerprint density at radius 3 is 2.03 bits per heavy atom. The minimum absolute atomic E-state index is 0.0248. The number of carbonyl (C=O) groups excluding carboxylic acids is 2. The van der Waals surface area contributed by atoms with Crippen LogP contribution in [0.3, 0.4) is 0 Å². The van der Waals surface area contributed by atoms with Crippen LogP contribution >= 0.6 is 0 Å². The largest absolute Gasteiger partial charge is 0.494 e. The van der Waals surface area contributed by atoms with Gasteiger partial charge in [0.1, 0.15) is 11.5 Å². The second-order valence-electron chi connectivity index (χ2n) is 7.98. The first-order chi connectivity index (χ1) is 17.9. The topological polar surface area (TPSA) is 80.3 Å². The molecule has 0 fully saturated rings. The number of para-hydroxylation sites is 1. The Morgan fingerprint density at radius 1 is 0.784 bits per heavy atom. The fraction of sp³-hybridized carbons (Fsp3) is 0.310. The molecule has 0 radical (unpaired) electrons. The smallest absolute Gasteiger partial charge is 0.330 e. The Balaban J connectivity index is 1.87. The summed E-state index contributed by atoms with van der Waals surface area (Å²) >= 11 is 0. The van der Waals surface area contributed by atoms with E-state index < -0.39 is 23.2 Å². The summed E-state index contributed by atoms with van der Waals surface area (Å²) in [4.78, 5) is 26.5. The van der Waals surface area contributed by atoms with E-state index in [2.05, 4.69) is 0 Å². The summed E-state index contributed by atoms with van der Waals surface area (Å²) in [6.45, 7) is 5.38. The summed E-state index contributed by atoms with van der Waals surface area (Å²) in [6, 6.07) is 19.7. The van der Waals surface area contributed by atoms with Crippen LogP contribution in [-0.2, 0) is 35.8 Å². The lowest BCUT2D eigenvalue weighted by Crippen LogP contribution is -2.50. The fourth-order valence-electron chi connectivity index (χ4n) is 3.68. The maximum Gasteiger partial charge on any atom is 0.330 e. The second kappa shape index (κ2) is 13.4. The van der Waals surface area contributed by atoms with Gasteiger partial charge < -0.3 is 23.7 Å². The molecule has 3 aromatic carbocycles. The van der Waals surface area contributed by atoms with Crippen LogP contribution in [0.15, 0.2) is 72.8 Å². The number of hydrogen-bond donors (Lipinski definition) is 0. The number of benzene rings is 3. The summed E-state index contributed by atoms with van der Waals surface area (Å²) in [6.07, 6.45) is 0. The number of carbonyl (C=O) groups is 2. The minimum atomic E-state index is -1.86. The predicted octanol–water partition coefficient (Wildman–Crippen LogP) is 5.60. The van der Waals surface area contributed by atoms with E-state index in [9.17, 15) is 14.0 Å². The lowest BCUT2D eigenvalue weighted by Gasteiger charge is -2.29. The van der Waals surface area contributed by atoms with Crippen LogP contribution in [0.2, 0.25) is 0 Å². The molecule has 196 valence electrons. The van der Waals surface area contributed by atoms with Gasteiger partial charge >= 0.3 is 11.9 Å². The number of rotatable bonds is 13. The van der Waals surface area contributed by atoms with Crippen molar-refractivity contribution in [2.45, 2.75) is 32.8 Å². The molecule has 0 atom stereocenters. The van der Waals surface area contributed by atoms with Gasteiger partial charge in [-0.05, 0) is 68.3 Å². The summed E-state index contributed by atoms with van der Waals surface area (Å²) in [7, 11) is 0. The molecule has 0 saturated heterocycles. The Kier molecular flexibility index (Phi) is 10.0. The van der Waals surface area contributed by atoms with Gasteiger partial charge in [0.25, 0.3) is 0 Å². The van der Waals surface area contributed by atoms with E-state index >= 15 is 0 Å². The minimum Gasteiger partial charge on any atom is -0.494 e. The summed E-state index contributed by atoms with van der Waals surface area (Å²) in [5.41, 5.74) is -0.930. The molecule has 7 nitrogen and oxygen atoms in total. The lowest BCUT2D eigenvalue weighted by molar-refractivity contribution is -0.168. The monoisotopic (exact) mass is 510 g/mol. The van der Waals surface area contributed by atoms with E-state index in [1.807, 2.05) is 13.0 Å². The van der Waals surface area contributed by atoms with Crippen molar-refractivity contribution < 1.29 is 37.7 Å². The molecule has 8 heteroatoms. The van der Waals surface area contributed by atoms with E-state index in [-0.39, 0.29) is 32.2 Å². The molecule has 0 heterocycles. The maximum atomic E-state index is 14.4. The van der Waals surface area contributed by atoms with Gasteiger partial charge in [-0.1, -0.05) is 36.4 Å². The van der Waals surface area contributed by atoms with Gasteiger partial charge in [-0.3, -0.25) is 9.59 Å². The highest BCUT2D eigenvalue weighted by molar-refractivity contribution is 6.06. The zero-order valence-electron chi connectivity index (χ0n) is 21.2. The van der Waals surface area contributed by atoms with Crippen molar-refractivity contribution in [3.63, 3.8) is 0 Å². The standard InChI is InChI=1S/C29H31FO7/c1-4-34-23-15-13-22(14-16-23)29(27(31)35-5-2,28(32)36-6-3)20-33-19-21-12-17-25(30)26(18-21)37-24-10-8-7-9-11-24/h7-18H,4-6,19-20H2,1-3H3. The number of esters is 2. The maximum absolute atomic E-state index is 14.4. The Morgan fingerprint density at radius 2 is 1.43 bits per heavy atom. The molecule has 0 unspecified atom stereocenters. The Labute approximate surface area is 216 Å². The van der Waals surface area contributed by atoms with Gasteiger partial charge in [0.05, 0.1) is 33.0 Å². The van der Waals surface area contributed by atoms with Crippen molar-refractivity contribution >= 4 is 11.9 Å². The Hall–Kier alpha value is -3.91. The second-order valence-corrected chi connectivity index (χ2v) is 7.98. The quantitative estimate of drug-likeness (QED) is 0.219. The van der Waals surface area contributed by atoms with Gasteiger partial charge in [0, 0.05) is 0 Å². The SMILES string of the molecule is CCOC(=O)C(COCc1ccc(F)c(Oc2ccccc2)c1)(C(=O)OCC)c1ccc(OCC)cc1. The fourth-order valence-corrected chi connectivity index (χ4v) is 3.68. The van der Waals surface area contributed by atoms with Gasteiger partial charge in [0.15, 0.2) is 11.6 Å². The zero-order valence-corrected chi connectivity index (χ0v) is 21.2. The van der Waals surface area contributed by atoms with Gasteiger partial charge in [0.2, 0.25) is 5.41 Å². The average Bonchev–Trinajstić information content (AvgIpc) is 2.90. The van der Waals surface area contributed by atoms with Gasteiger partial charge in [-0.25, -0.2) is 4.39 Å². The van der Waals surface area contributed by atoms with E-state index in [0.717, 1.165) is 0 Å². The highest BCUT2D eigenvalue weighted by Crippen LogP contribution is 2.31. The number of hydrogen-bond acceptors (Lipinski definition) is 7. The molecule has 0 aliphatic rings. The third kappa shape index (κ3) is 6.86. The van der Waals surface area contributed by atoms with E-state index in [4.69, 9.17) is 23.7 Å². The molecule has 0 amide bonds. The van der Waals surface area contributed by atoms with Crippen molar-refractivity contribution in [2.75, 3.05) is 26.4 Å². The van der Waals surface area contributed by atoms with Crippen LogP contribution in [0.4, 0.5) is 4.39 Å². The van der Waals surface area contributed by atoms with Crippen molar-refractivity contribution in [3.05, 3.63) is 89.7 Å². The third-order valence-corrected chi connectivity index (χ3v) is 5.46. The van der Waals surface area contributed by atoms with Crippen LogP contribution in [0, 0.1) is 5.82 Å². The third-order valence-electron chi connectivity index (χ3n) is 5.46. The van der Waals surface area contributed by atoms with E-state index in [0.29, 0.717) is 29.2 Å². The highest BCUT2D eigenvalue weighted by Gasteiger charge is 2.51. The van der Waals surface area contributed by atoms with Gasteiger partial charge in [-0.2, -0.15) is 0 Å². The van der Waals surface area contributed by atoms with Crippen molar-refractivity contribution in [3.8, 4) is 17.2 Å². The van der Waals surface area contributed by atoms with Crippen LogP contribution < -0.4 is 9.47 Å². The molecule has 0 saturated carbocycles. The molecule has 0 aromatic heterocycles. The van der Waals surface area contributed by atoms with Crippen LogP contribution in [0.25, 0.3) is 0 Å². The first kappa shape index (κ1) is 27.7. The molecule has 0 aliphatic heterocycles. The average molecular weight is 511 g/mol. The van der Waals surface area contributed by atoms with E-state index in [1.165, 1.54) is 12.1 Å². The van der Waals surface area contributed by atoms with Crippen molar-refractivity contribution in [2.24, 2.45) is 0 Å². The molecule has 3 aromatic rings. The number of ether oxygens (including phenoxy) is 5. The predicted molar refractivity (Wildman–Crippen MR) is 135 cm³/mol. The number of halogens is 1. The van der Waals surface area contributed by atoms with Crippen LogP contribution in [-0.4, -0.2) is 38.4 Å². The van der Waals surface area contributed by atoms with E-state index in [1.54, 1.807) is 68.4 Å². The molecule has 3 rings (SSSR count).